The summed E-state index contributed by atoms with van der Waals surface area (Å²) in [6, 6.07) is 9.24. The number of rotatable bonds is 4. The SMILES string of the molecule is Cc1cc(C)cc(CC(NC2=NCCS2)c2cc(C(F)(F)F)ccc2Cl)c1. The molecule has 2 aromatic carbocycles. The zero-order valence-electron chi connectivity index (χ0n) is 15.0. The highest BCUT2D eigenvalue weighted by atomic mass is 35.5. The van der Waals surface area contributed by atoms with Gasteiger partial charge in [-0.25, -0.2) is 0 Å². The van der Waals surface area contributed by atoms with E-state index in [0.29, 0.717) is 23.6 Å². The summed E-state index contributed by atoms with van der Waals surface area (Å²) in [6.07, 6.45) is -3.90. The van der Waals surface area contributed by atoms with Gasteiger partial charge < -0.3 is 5.32 Å². The maximum Gasteiger partial charge on any atom is 0.416 e. The number of aliphatic imine (C=N–C) groups is 1. The van der Waals surface area contributed by atoms with Gasteiger partial charge in [0.05, 0.1) is 18.2 Å². The number of nitrogens with zero attached hydrogens (tertiary/aromatic N) is 1. The Morgan fingerprint density at radius 2 is 1.85 bits per heavy atom. The fourth-order valence-electron chi connectivity index (χ4n) is 3.22. The smallest absolute Gasteiger partial charge is 0.358 e. The first-order valence-corrected chi connectivity index (χ1v) is 9.96. The molecule has 0 saturated heterocycles. The van der Waals surface area contributed by atoms with Crippen molar-refractivity contribution in [1.82, 2.24) is 5.32 Å². The van der Waals surface area contributed by atoms with E-state index >= 15 is 0 Å². The van der Waals surface area contributed by atoms with E-state index in [1.54, 1.807) is 11.8 Å². The number of halogens is 4. The highest BCUT2D eigenvalue weighted by Gasteiger charge is 2.32. The molecule has 1 atom stereocenters. The Labute approximate surface area is 166 Å². The van der Waals surface area contributed by atoms with Crippen LogP contribution in [0.1, 0.15) is 33.9 Å². The van der Waals surface area contributed by atoms with Crippen molar-refractivity contribution in [2.45, 2.75) is 32.5 Å². The average molecular weight is 413 g/mol. The molecule has 7 heteroatoms. The first kappa shape index (κ1) is 20.1. The van der Waals surface area contributed by atoms with E-state index in [9.17, 15) is 13.2 Å². The normalized spacial score (nSPS) is 15.6. The Morgan fingerprint density at radius 3 is 2.44 bits per heavy atom. The number of nitrogens with one attached hydrogen (secondary N) is 1. The Morgan fingerprint density at radius 1 is 1.15 bits per heavy atom. The van der Waals surface area contributed by atoms with Crippen LogP contribution in [0.2, 0.25) is 5.02 Å². The summed E-state index contributed by atoms with van der Waals surface area (Å²) in [5.41, 5.74) is 3.01. The van der Waals surface area contributed by atoms with Gasteiger partial charge in [-0.15, -0.1) is 0 Å². The molecule has 0 radical (unpaired) electrons. The van der Waals surface area contributed by atoms with Crippen LogP contribution < -0.4 is 5.32 Å². The third kappa shape index (κ3) is 5.20. The van der Waals surface area contributed by atoms with Gasteiger partial charge in [-0.2, -0.15) is 13.2 Å². The van der Waals surface area contributed by atoms with Crippen molar-refractivity contribution in [3.05, 3.63) is 69.2 Å². The lowest BCUT2D eigenvalue weighted by Gasteiger charge is -2.23. The van der Waals surface area contributed by atoms with Gasteiger partial charge in [0, 0.05) is 10.8 Å². The van der Waals surface area contributed by atoms with Crippen molar-refractivity contribution in [3.8, 4) is 0 Å². The monoisotopic (exact) mass is 412 g/mol. The topological polar surface area (TPSA) is 24.4 Å². The van der Waals surface area contributed by atoms with Gasteiger partial charge in [-0.3, -0.25) is 4.99 Å². The van der Waals surface area contributed by atoms with E-state index in [0.717, 1.165) is 39.7 Å². The van der Waals surface area contributed by atoms with Gasteiger partial charge in [-0.05, 0) is 49.6 Å². The van der Waals surface area contributed by atoms with Crippen LogP contribution in [0.25, 0.3) is 0 Å². The molecular weight excluding hydrogens is 393 g/mol. The zero-order valence-corrected chi connectivity index (χ0v) is 16.6. The van der Waals surface area contributed by atoms with Gasteiger partial charge in [0.1, 0.15) is 0 Å². The zero-order chi connectivity index (χ0) is 19.6. The predicted molar refractivity (Wildman–Crippen MR) is 107 cm³/mol. The Hall–Kier alpha value is -1.66. The molecule has 0 aromatic heterocycles. The summed E-state index contributed by atoms with van der Waals surface area (Å²) in [4.78, 5) is 4.38. The molecule has 0 aliphatic carbocycles. The van der Waals surface area contributed by atoms with Crippen molar-refractivity contribution >= 4 is 28.5 Å². The first-order chi connectivity index (χ1) is 12.7. The van der Waals surface area contributed by atoms with Crippen LogP contribution in [0.15, 0.2) is 41.4 Å². The minimum Gasteiger partial charge on any atom is -0.358 e. The largest absolute Gasteiger partial charge is 0.416 e. The van der Waals surface area contributed by atoms with Crippen LogP contribution in [-0.4, -0.2) is 17.5 Å². The highest BCUT2D eigenvalue weighted by molar-refractivity contribution is 8.14. The minimum atomic E-state index is -4.41. The second-order valence-corrected chi connectivity index (χ2v) is 8.16. The highest BCUT2D eigenvalue weighted by Crippen LogP contribution is 2.35. The van der Waals surface area contributed by atoms with E-state index in [4.69, 9.17) is 11.6 Å². The molecular formula is C20H20ClF3N2S. The Balaban J connectivity index is 1.99. The average Bonchev–Trinajstić information content (AvgIpc) is 3.05. The lowest BCUT2D eigenvalue weighted by atomic mass is 9.95. The standard InChI is InChI=1S/C20H20ClF3N2S/c1-12-7-13(2)9-14(8-12)10-18(26-19-25-5-6-27-19)16-11-15(20(22,23)24)3-4-17(16)21/h3-4,7-9,11,18H,5-6,10H2,1-2H3,(H,25,26). The Kier molecular flexibility index (Phi) is 6.06. The van der Waals surface area contributed by atoms with Crippen LogP contribution >= 0.6 is 23.4 Å². The van der Waals surface area contributed by atoms with Crippen molar-refractivity contribution in [2.75, 3.05) is 12.3 Å². The molecule has 1 heterocycles. The maximum atomic E-state index is 13.2. The maximum absolute atomic E-state index is 13.2. The molecule has 27 heavy (non-hydrogen) atoms. The third-order valence-corrected chi connectivity index (χ3v) is 5.55. The number of benzene rings is 2. The van der Waals surface area contributed by atoms with Crippen LogP contribution in [0.3, 0.4) is 0 Å². The molecule has 0 amide bonds. The van der Waals surface area contributed by atoms with Gasteiger partial charge in [-0.1, -0.05) is 52.7 Å². The molecule has 144 valence electrons. The lowest BCUT2D eigenvalue weighted by Crippen LogP contribution is -2.27. The predicted octanol–water partition coefficient (Wildman–Crippen LogP) is 5.95. The number of alkyl halides is 3. The fourth-order valence-corrected chi connectivity index (χ4v) is 4.25. The summed E-state index contributed by atoms with van der Waals surface area (Å²) in [5, 5.41) is 4.36. The lowest BCUT2D eigenvalue weighted by molar-refractivity contribution is -0.137. The van der Waals surface area contributed by atoms with Gasteiger partial charge in [0.2, 0.25) is 0 Å². The fraction of sp³-hybridized carbons (Fsp3) is 0.350. The van der Waals surface area contributed by atoms with Crippen LogP contribution in [0.4, 0.5) is 13.2 Å². The summed E-state index contributed by atoms with van der Waals surface area (Å²) >= 11 is 7.87. The van der Waals surface area contributed by atoms with E-state index in [-0.39, 0.29) is 0 Å². The molecule has 0 spiro atoms. The molecule has 0 bridgehead atoms. The molecule has 2 aromatic rings. The molecule has 0 fully saturated rings. The van der Waals surface area contributed by atoms with Crippen molar-refractivity contribution in [3.63, 3.8) is 0 Å². The molecule has 1 aliphatic rings. The number of hydrogen-bond donors (Lipinski definition) is 1. The second kappa shape index (κ2) is 8.15. The first-order valence-electron chi connectivity index (χ1n) is 8.60. The quantitative estimate of drug-likeness (QED) is 0.670. The summed E-state index contributed by atoms with van der Waals surface area (Å²) in [5.74, 6) is 0.870. The molecule has 1 unspecified atom stereocenters. The number of hydrogen-bond acceptors (Lipinski definition) is 3. The van der Waals surface area contributed by atoms with Crippen LogP contribution in [-0.2, 0) is 12.6 Å². The number of amidine groups is 1. The van der Waals surface area contributed by atoms with Gasteiger partial charge in [0.15, 0.2) is 5.17 Å². The van der Waals surface area contributed by atoms with Crippen LogP contribution in [0, 0.1) is 13.8 Å². The van der Waals surface area contributed by atoms with E-state index in [1.165, 1.54) is 6.07 Å². The van der Waals surface area contributed by atoms with E-state index in [1.807, 2.05) is 26.0 Å². The van der Waals surface area contributed by atoms with E-state index in [2.05, 4.69) is 16.4 Å². The van der Waals surface area contributed by atoms with Crippen molar-refractivity contribution in [2.24, 2.45) is 4.99 Å². The molecule has 3 rings (SSSR count). The molecule has 1 N–H and O–H groups in total. The number of aryl methyl sites for hydroxylation is 2. The summed E-state index contributed by atoms with van der Waals surface area (Å²) < 4.78 is 39.6. The van der Waals surface area contributed by atoms with Crippen molar-refractivity contribution < 1.29 is 13.2 Å². The molecule has 0 saturated carbocycles. The third-order valence-electron chi connectivity index (χ3n) is 4.30. The van der Waals surface area contributed by atoms with Crippen LogP contribution in [0.5, 0.6) is 0 Å². The van der Waals surface area contributed by atoms with Crippen molar-refractivity contribution in [1.29, 1.82) is 0 Å². The summed E-state index contributed by atoms with van der Waals surface area (Å²) in [7, 11) is 0. The molecule has 2 nitrogen and oxygen atoms in total. The summed E-state index contributed by atoms with van der Waals surface area (Å²) in [6.45, 7) is 4.72. The van der Waals surface area contributed by atoms with Gasteiger partial charge in [0.25, 0.3) is 0 Å². The minimum absolute atomic E-state index is 0.313. The second-order valence-electron chi connectivity index (χ2n) is 6.67. The van der Waals surface area contributed by atoms with Gasteiger partial charge >= 0.3 is 6.18 Å². The molecule has 1 aliphatic heterocycles. The van der Waals surface area contributed by atoms with E-state index < -0.39 is 17.8 Å². The Bertz CT molecular complexity index is 845. The number of thioether (sulfide) groups is 1.